The first-order chi connectivity index (χ1) is 16.0. The number of fused-ring (bicyclic) bond motifs is 4. The van der Waals surface area contributed by atoms with Gasteiger partial charge in [-0.2, -0.15) is 18.3 Å². The Morgan fingerprint density at radius 3 is 2.65 bits per heavy atom. The van der Waals surface area contributed by atoms with Gasteiger partial charge in [0.1, 0.15) is 22.9 Å². The van der Waals surface area contributed by atoms with Crippen LogP contribution in [0.15, 0.2) is 35.6 Å². The number of benzene rings is 1. The number of hydrogen-bond acceptors (Lipinski definition) is 7. The second kappa shape index (κ2) is 7.97. The normalized spacial score (nSPS) is 26.6. The van der Waals surface area contributed by atoms with Crippen LogP contribution in [0.3, 0.4) is 0 Å². The zero-order valence-corrected chi connectivity index (χ0v) is 19.0. The number of imidazole rings is 1. The van der Waals surface area contributed by atoms with Gasteiger partial charge in [-0.05, 0) is 50.3 Å². The van der Waals surface area contributed by atoms with Crippen LogP contribution in [-0.4, -0.2) is 58.9 Å². The van der Waals surface area contributed by atoms with E-state index in [0.717, 1.165) is 11.1 Å². The Hall–Kier alpha value is -2.61. The lowest BCUT2D eigenvalue weighted by Gasteiger charge is -2.54. The van der Waals surface area contributed by atoms with Gasteiger partial charge in [-0.1, -0.05) is 6.07 Å². The van der Waals surface area contributed by atoms with Gasteiger partial charge in [-0.15, -0.1) is 0 Å². The minimum Gasteiger partial charge on any atom is -0.381 e. The van der Waals surface area contributed by atoms with Crippen LogP contribution in [0.5, 0.6) is 0 Å². The first kappa shape index (κ1) is 23.1. The largest absolute Gasteiger partial charge is 0.417 e. The van der Waals surface area contributed by atoms with E-state index in [1.54, 1.807) is 22.8 Å². The number of aliphatic hydroxyl groups is 1. The zero-order valence-electron chi connectivity index (χ0n) is 18.2. The van der Waals surface area contributed by atoms with Crippen molar-refractivity contribution in [1.82, 2.24) is 24.3 Å². The number of aliphatic hydroxyl groups excluding tert-OH is 1. The summed E-state index contributed by atoms with van der Waals surface area (Å²) < 4.78 is 62.8. The molecule has 0 spiro atoms. The number of nitrogens with two attached hydrogens (primary N) is 1. The summed E-state index contributed by atoms with van der Waals surface area (Å²) in [4.78, 5) is 8.70. The van der Waals surface area contributed by atoms with E-state index >= 15 is 0 Å². The number of alkyl halides is 3. The minimum atomic E-state index is -4.75. The van der Waals surface area contributed by atoms with Gasteiger partial charge in [0.15, 0.2) is 17.6 Å². The van der Waals surface area contributed by atoms with Crippen LogP contribution in [0.2, 0.25) is 0 Å². The molecule has 3 aromatic rings. The fourth-order valence-electron chi connectivity index (χ4n) is 4.77. The Balaban J connectivity index is 1.37. The molecule has 2 aromatic heterocycles. The molecule has 2 atom stereocenters. The molecular weight excluding hydrogens is 473 g/mol. The summed E-state index contributed by atoms with van der Waals surface area (Å²) >= 11 is 0. The summed E-state index contributed by atoms with van der Waals surface area (Å²) in [7, 11) is -1.66. The average Bonchev–Trinajstić information content (AvgIpc) is 3.24. The predicted molar refractivity (Wildman–Crippen MR) is 117 cm³/mol. The SMILES string of the molecule is Cc1ccc(S(=O)NC23CCC(C(O)C(F)(F)F)(CC2)OC3)cc1-c1cnc2c(N)ncnn12. The molecule has 1 aromatic carbocycles. The van der Waals surface area contributed by atoms with Gasteiger partial charge in [-0.25, -0.2) is 23.4 Å². The monoisotopic (exact) mass is 496 g/mol. The van der Waals surface area contributed by atoms with Crippen LogP contribution in [0.1, 0.15) is 31.2 Å². The van der Waals surface area contributed by atoms with Crippen molar-refractivity contribution in [3.63, 3.8) is 0 Å². The highest BCUT2D eigenvalue weighted by Gasteiger charge is 2.60. The fourth-order valence-corrected chi connectivity index (χ4v) is 5.96. The van der Waals surface area contributed by atoms with Crippen LogP contribution >= 0.6 is 0 Å². The summed E-state index contributed by atoms with van der Waals surface area (Å²) in [6.45, 7) is 1.84. The second-order valence-electron chi connectivity index (χ2n) is 8.95. The number of anilines is 1. The van der Waals surface area contributed by atoms with Crippen molar-refractivity contribution in [2.75, 3.05) is 12.3 Å². The van der Waals surface area contributed by atoms with E-state index in [1.165, 1.54) is 6.33 Å². The maximum absolute atomic E-state index is 13.3. The Bertz CT molecular complexity index is 1260. The van der Waals surface area contributed by atoms with E-state index in [2.05, 4.69) is 19.8 Å². The summed E-state index contributed by atoms with van der Waals surface area (Å²) in [5, 5.41) is 14.0. The quantitative estimate of drug-likeness (QED) is 0.495. The molecule has 13 heteroatoms. The topological polar surface area (TPSA) is 128 Å². The number of rotatable bonds is 5. The number of nitrogen functional groups attached to an aromatic ring is 1. The van der Waals surface area contributed by atoms with Gasteiger partial charge in [0.2, 0.25) is 0 Å². The van der Waals surface area contributed by atoms with Gasteiger partial charge >= 0.3 is 6.18 Å². The van der Waals surface area contributed by atoms with Crippen molar-refractivity contribution in [3.8, 4) is 11.3 Å². The third-order valence-electron chi connectivity index (χ3n) is 6.84. The highest BCUT2D eigenvalue weighted by Crippen LogP contribution is 2.48. The number of halogens is 3. The molecule has 1 aliphatic carbocycles. The third kappa shape index (κ3) is 3.76. The molecule has 2 bridgehead atoms. The van der Waals surface area contributed by atoms with E-state index < -0.39 is 34.4 Å². The van der Waals surface area contributed by atoms with Crippen molar-refractivity contribution in [2.24, 2.45) is 0 Å². The lowest BCUT2D eigenvalue weighted by Crippen LogP contribution is -2.67. The standard InChI is InChI=1S/C21H23F3N6O3S/c1-12-2-3-13(8-14(12)15-9-26-17-16(25)27-11-28-30(15)17)34(32)29-19-4-6-20(7-5-19,33-10-19)18(31)21(22,23)24/h2-3,8-9,11,18,29,31H,4-7,10H2,1H3,(H2,25,27,28). The summed E-state index contributed by atoms with van der Waals surface area (Å²) in [6, 6.07) is 5.32. The molecule has 2 aliphatic heterocycles. The molecule has 9 nitrogen and oxygen atoms in total. The number of aryl methyl sites for hydroxylation is 1. The number of nitrogens with one attached hydrogen (secondary N) is 1. The maximum atomic E-state index is 13.3. The maximum Gasteiger partial charge on any atom is 0.417 e. The molecule has 0 radical (unpaired) electrons. The van der Waals surface area contributed by atoms with Crippen molar-refractivity contribution in [3.05, 3.63) is 36.3 Å². The fraction of sp³-hybridized carbons (Fsp3) is 0.476. The Morgan fingerprint density at radius 1 is 1.26 bits per heavy atom. The molecule has 1 saturated carbocycles. The highest BCUT2D eigenvalue weighted by molar-refractivity contribution is 7.83. The van der Waals surface area contributed by atoms with Gasteiger partial charge in [0, 0.05) is 5.56 Å². The van der Waals surface area contributed by atoms with Crippen LogP contribution in [0.25, 0.3) is 16.9 Å². The van der Waals surface area contributed by atoms with E-state index in [4.69, 9.17) is 10.5 Å². The molecule has 3 aliphatic rings. The highest BCUT2D eigenvalue weighted by atomic mass is 32.2. The van der Waals surface area contributed by atoms with Crippen molar-refractivity contribution >= 4 is 22.5 Å². The predicted octanol–water partition coefficient (Wildman–Crippen LogP) is 2.30. The second-order valence-corrected chi connectivity index (χ2v) is 10.2. The molecule has 6 rings (SSSR count). The number of ether oxygens (including phenoxy) is 1. The van der Waals surface area contributed by atoms with Gasteiger partial charge in [0.25, 0.3) is 0 Å². The van der Waals surface area contributed by atoms with Gasteiger partial charge in [-0.3, -0.25) is 0 Å². The number of aromatic nitrogens is 4. The lowest BCUT2D eigenvalue weighted by atomic mass is 9.69. The van der Waals surface area contributed by atoms with E-state index in [-0.39, 0.29) is 25.3 Å². The van der Waals surface area contributed by atoms with Crippen molar-refractivity contribution in [2.45, 2.75) is 60.9 Å². The molecular formula is C21H23F3N6O3S. The van der Waals surface area contributed by atoms with E-state index in [0.29, 0.717) is 29.1 Å². The third-order valence-corrected chi connectivity index (χ3v) is 8.14. The number of nitrogens with zero attached hydrogens (tertiary/aromatic N) is 4. The summed E-state index contributed by atoms with van der Waals surface area (Å²) in [5.41, 5.74) is 6.24. The molecule has 34 heavy (non-hydrogen) atoms. The molecule has 0 amide bonds. The average molecular weight is 497 g/mol. The van der Waals surface area contributed by atoms with Crippen molar-refractivity contribution < 1.29 is 27.2 Å². The van der Waals surface area contributed by atoms with Crippen molar-refractivity contribution in [1.29, 1.82) is 0 Å². The molecule has 2 unspecified atom stereocenters. The summed E-state index contributed by atoms with van der Waals surface area (Å²) in [5.74, 6) is 0.237. The number of hydrogen-bond donors (Lipinski definition) is 3. The Kier molecular flexibility index (Phi) is 5.43. The van der Waals surface area contributed by atoms with Crippen LogP contribution < -0.4 is 10.5 Å². The smallest absolute Gasteiger partial charge is 0.381 e. The lowest BCUT2D eigenvalue weighted by molar-refractivity contribution is -0.295. The molecule has 4 N–H and O–H groups in total. The van der Waals surface area contributed by atoms with Gasteiger partial charge in [0.05, 0.1) is 28.9 Å². The first-order valence-electron chi connectivity index (χ1n) is 10.7. The zero-order chi connectivity index (χ0) is 24.3. The van der Waals surface area contributed by atoms with Crippen LogP contribution in [-0.2, 0) is 15.7 Å². The molecule has 182 valence electrons. The van der Waals surface area contributed by atoms with E-state index in [9.17, 15) is 22.5 Å². The molecule has 4 heterocycles. The Labute approximate surface area is 195 Å². The first-order valence-corrected chi connectivity index (χ1v) is 11.8. The van der Waals surface area contributed by atoms with E-state index in [1.807, 2.05) is 13.0 Å². The Morgan fingerprint density at radius 2 is 2.00 bits per heavy atom. The van der Waals surface area contributed by atoms with Crippen LogP contribution in [0.4, 0.5) is 19.0 Å². The van der Waals surface area contributed by atoms with Gasteiger partial charge < -0.3 is 15.6 Å². The molecule has 3 fully saturated rings. The molecule has 2 saturated heterocycles. The van der Waals surface area contributed by atoms with Crippen LogP contribution in [0, 0.1) is 6.92 Å². The minimum absolute atomic E-state index is 0.0277. The summed E-state index contributed by atoms with van der Waals surface area (Å²) in [6.07, 6.45) is -3.66.